The van der Waals surface area contributed by atoms with E-state index in [0.717, 1.165) is 12.1 Å². The van der Waals surface area contributed by atoms with Gasteiger partial charge in [0.25, 0.3) is 0 Å². The Morgan fingerprint density at radius 2 is 2.25 bits per heavy atom. The summed E-state index contributed by atoms with van der Waals surface area (Å²) in [6, 6.07) is 3.39. The second-order valence-electron chi connectivity index (χ2n) is 4.73. The van der Waals surface area contributed by atoms with E-state index in [2.05, 4.69) is 4.98 Å². The molecule has 0 spiro atoms. The summed E-state index contributed by atoms with van der Waals surface area (Å²) in [5.41, 5.74) is 7.58. The molecule has 2 atom stereocenters. The number of carbonyl (C=O) groups is 1. The van der Waals surface area contributed by atoms with Gasteiger partial charge in [0.15, 0.2) is 0 Å². The molecule has 0 fully saturated rings. The molecule has 6 heteroatoms. The first-order valence-electron chi connectivity index (χ1n) is 6.88. The second kappa shape index (κ2) is 6.09. The van der Waals surface area contributed by atoms with Gasteiger partial charge in [-0.05, 0) is 25.8 Å². The van der Waals surface area contributed by atoms with Gasteiger partial charge in [-0.25, -0.2) is 9.78 Å². The number of methoxy groups -OCH3 is 1. The van der Waals surface area contributed by atoms with Crippen LogP contribution in [0, 0.1) is 0 Å². The highest BCUT2D eigenvalue weighted by Gasteiger charge is 2.35. The fourth-order valence-corrected chi connectivity index (χ4v) is 2.54. The zero-order valence-corrected chi connectivity index (χ0v) is 12.1. The van der Waals surface area contributed by atoms with E-state index in [0.29, 0.717) is 24.6 Å². The van der Waals surface area contributed by atoms with Gasteiger partial charge < -0.3 is 15.2 Å². The molecule has 1 aliphatic rings. The molecule has 0 aromatic carbocycles. The van der Waals surface area contributed by atoms with Crippen molar-refractivity contribution in [3.63, 3.8) is 0 Å². The third-order valence-corrected chi connectivity index (χ3v) is 3.52. The first-order chi connectivity index (χ1) is 9.62. The molecule has 0 radical (unpaired) electrons. The lowest BCUT2D eigenvalue weighted by molar-refractivity contribution is 0.155. The number of carbonyl (C=O) groups excluding carboxylic acids is 1. The summed E-state index contributed by atoms with van der Waals surface area (Å²) in [7, 11) is 1.56. The largest absolute Gasteiger partial charge is 0.481 e. The first kappa shape index (κ1) is 14.6. The molecular weight excluding hydrogens is 258 g/mol. The maximum absolute atomic E-state index is 12.2. The van der Waals surface area contributed by atoms with Crippen LogP contribution in [0.5, 0.6) is 5.88 Å². The molecule has 110 valence electrons. The molecule has 1 aliphatic heterocycles. The topological polar surface area (TPSA) is 77.7 Å². The number of hydrogen-bond acceptors (Lipinski definition) is 5. The van der Waals surface area contributed by atoms with Gasteiger partial charge in [0, 0.05) is 12.1 Å². The number of fused-ring (bicyclic) bond motifs is 1. The number of nitrogens with two attached hydrogens (primary N) is 1. The molecule has 2 rings (SSSR count). The van der Waals surface area contributed by atoms with Crippen LogP contribution in [-0.4, -0.2) is 30.8 Å². The van der Waals surface area contributed by atoms with Gasteiger partial charge in [-0.1, -0.05) is 6.92 Å². The third kappa shape index (κ3) is 2.56. The summed E-state index contributed by atoms with van der Waals surface area (Å²) >= 11 is 0. The lowest BCUT2D eigenvalue weighted by atomic mass is 9.94. The number of hydrogen-bond donors (Lipinski definition) is 1. The van der Waals surface area contributed by atoms with Crippen LogP contribution in [0.1, 0.15) is 38.4 Å². The van der Waals surface area contributed by atoms with Crippen molar-refractivity contribution >= 4 is 11.8 Å². The number of anilines is 1. The van der Waals surface area contributed by atoms with Crippen LogP contribution in [-0.2, 0) is 4.74 Å². The van der Waals surface area contributed by atoms with E-state index in [1.54, 1.807) is 25.0 Å². The van der Waals surface area contributed by atoms with E-state index in [1.807, 2.05) is 13.0 Å². The average molecular weight is 279 g/mol. The van der Waals surface area contributed by atoms with E-state index >= 15 is 0 Å². The molecule has 2 N–H and O–H groups in total. The number of ether oxygens (including phenoxy) is 2. The Bertz CT molecular complexity index is 493. The highest BCUT2D eigenvalue weighted by Crippen LogP contribution is 2.37. The van der Waals surface area contributed by atoms with Gasteiger partial charge in [0.1, 0.15) is 0 Å². The number of rotatable bonds is 3. The molecule has 1 aromatic rings. The summed E-state index contributed by atoms with van der Waals surface area (Å²) in [6.07, 6.45) is 1.14. The summed E-state index contributed by atoms with van der Waals surface area (Å²) in [4.78, 5) is 18.2. The molecule has 0 saturated carbocycles. The normalized spacial score (nSPS) is 21.3. The molecule has 0 saturated heterocycles. The summed E-state index contributed by atoms with van der Waals surface area (Å²) in [6.45, 7) is 4.17. The van der Waals surface area contributed by atoms with E-state index in [-0.39, 0.29) is 18.2 Å². The van der Waals surface area contributed by atoms with Crippen LogP contribution in [0.15, 0.2) is 12.1 Å². The highest BCUT2D eigenvalue weighted by atomic mass is 16.6. The van der Waals surface area contributed by atoms with Crippen molar-refractivity contribution in [3.05, 3.63) is 17.8 Å². The zero-order chi connectivity index (χ0) is 14.7. The van der Waals surface area contributed by atoms with Gasteiger partial charge >= 0.3 is 6.09 Å². The van der Waals surface area contributed by atoms with Crippen molar-refractivity contribution in [2.24, 2.45) is 5.73 Å². The SMILES string of the molecule is CCOC(=O)N1c2ccc(OC)nc2[C@@H](N)C[C@H]1CC. The molecule has 2 heterocycles. The van der Waals surface area contributed by atoms with Crippen molar-refractivity contribution in [2.45, 2.75) is 38.8 Å². The standard InChI is InChI=1S/C14H21N3O3/c1-4-9-8-10(15)13-11(6-7-12(16-13)19-3)17(9)14(18)20-5-2/h6-7,9-10H,4-5,8,15H2,1-3H3/t9-,10+/m1/s1. The average Bonchev–Trinajstić information content (AvgIpc) is 2.46. The Morgan fingerprint density at radius 3 is 2.85 bits per heavy atom. The van der Waals surface area contributed by atoms with Gasteiger partial charge in [-0.3, -0.25) is 4.90 Å². The van der Waals surface area contributed by atoms with Crippen molar-refractivity contribution < 1.29 is 14.3 Å². The van der Waals surface area contributed by atoms with Crippen LogP contribution in [0.2, 0.25) is 0 Å². The van der Waals surface area contributed by atoms with Gasteiger partial charge in [-0.15, -0.1) is 0 Å². The van der Waals surface area contributed by atoms with Crippen LogP contribution >= 0.6 is 0 Å². The lowest BCUT2D eigenvalue weighted by Crippen LogP contribution is -2.46. The fourth-order valence-electron chi connectivity index (χ4n) is 2.54. The number of pyridine rings is 1. The van der Waals surface area contributed by atoms with Crippen LogP contribution in [0.3, 0.4) is 0 Å². The minimum atomic E-state index is -0.348. The van der Waals surface area contributed by atoms with Crippen molar-refractivity contribution in [1.82, 2.24) is 4.98 Å². The Hall–Kier alpha value is -1.82. The molecule has 0 unspecified atom stereocenters. The van der Waals surface area contributed by atoms with Gasteiger partial charge in [-0.2, -0.15) is 0 Å². The van der Waals surface area contributed by atoms with Gasteiger partial charge in [0.05, 0.1) is 31.1 Å². The minimum Gasteiger partial charge on any atom is -0.481 e. The second-order valence-corrected chi connectivity index (χ2v) is 4.73. The summed E-state index contributed by atoms with van der Waals surface area (Å²) in [5, 5.41) is 0. The molecule has 20 heavy (non-hydrogen) atoms. The molecule has 0 bridgehead atoms. The van der Waals surface area contributed by atoms with E-state index in [4.69, 9.17) is 15.2 Å². The lowest BCUT2D eigenvalue weighted by Gasteiger charge is -2.37. The Morgan fingerprint density at radius 1 is 1.50 bits per heavy atom. The maximum atomic E-state index is 12.2. The Kier molecular flexibility index (Phi) is 4.44. The third-order valence-electron chi connectivity index (χ3n) is 3.52. The highest BCUT2D eigenvalue weighted by molar-refractivity contribution is 5.90. The molecular formula is C14H21N3O3. The molecule has 0 aliphatic carbocycles. The smallest absolute Gasteiger partial charge is 0.414 e. The Labute approximate surface area is 118 Å². The number of aromatic nitrogens is 1. The van der Waals surface area contributed by atoms with E-state index in [1.165, 1.54) is 0 Å². The summed E-state index contributed by atoms with van der Waals surface area (Å²) in [5.74, 6) is 0.498. The minimum absolute atomic E-state index is 0.0340. The zero-order valence-electron chi connectivity index (χ0n) is 12.1. The monoisotopic (exact) mass is 279 g/mol. The molecule has 6 nitrogen and oxygen atoms in total. The van der Waals surface area contributed by atoms with Crippen molar-refractivity contribution in [3.8, 4) is 5.88 Å². The van der Waals surface area contributed by atoms with Crippen LogP contribution in [0.25, 0.3) is 0 Å². The number of amides is 1. The fraction of sp³-hybridized carbons (Fsp3) is 0.571. The Balaban J connectivity index is 2.44. The molecule has 1 amide bonds. The first-order valence-corrected chi connectivity index (χ1v) is 6.88. The quantitative estimate of drug-likeness (QED) is 0.918. The predicted octanol–water partition coefficient (Wildman–Crippen LogP) is 2.24. The number of nitrogens with zero attached hydrogens (tertiary/aromatic N) is 2. The van der Waals surface area contributed by atoms with Gasteiger partial charge in [0.2, 0.25) is 5.88 Å². The van der Waals surface area contributed by atoms with E-state index in [9.17, 15) is 4.79 Å². The summed E-state index contributed by atoms with van der Waals surface area (Å²) < 4.78 is 10.3. The van der Waals surface area contributed by atoms with Crippen LogP contribution < -0.4 is 15.4 Å². The predicted molar refractivity (Wildman–Crippen MR) is 75.9 cm³/mol. The van der Waals surface area contributed by atoms with Crippen LogP contribution in [0.4, 0.5) is 10.5 Å². The van der Waals surface area contributed by atoms with Crippen molar-refractivity contribution in [2.75, 3.05) is 18.6 Å². The van der Waals surface area contributed by atoms with E-state index < -0.39 is 0 Å². The maximum Gasteiger partial charge on any atom is 0.414 e. The molecule has 1 aromatic heterocycles. The van der Waals surface area contributed by atoms with Crippen molar-refractivity contribution in [1.29, 1.82) is 0 Å².